The second-order valence-corrected chi connectivity index (χ2v) is 4.77. The van der Waals surface area contributed by atoms with Crippen LogP contribution in [0.3, 0.4) is 0 Å². The molecule has 1 rings (SSSR count). The average Bonchev–Trinajstić information content (AvgIpc) is 2.15. The molecule has 0 aromatic rings. The van der Waals surface area contributed by atoms with E-state index in [1.54, 1.807) is 0 Å². The smallest absolute Gasteiger partial charge is 0.377 e. The molecule has 1 aliphatic rings. The van der Waals surface area contributed by atoms with E-state index in [4.69, 9.17) is 10.5 Å². The summed E-state index contributed by atoms with van der Waals surface area (Å²) in [6.07, 6.45) is -1.55. The summed E-state index contributed by atoms with van der Waals surface area (Å²) in [6.45, 7) is 2.31. The molecular weight excluding hydrogens is 233 g/mol. The first kappa shape index (κ1) is 14.7. The van der Waals surface area contributed by atoms with Gasteiger partial charge in [0.1, 0.15) is 6.04 Å². The SMILES string of the molecule is CC(N)C(N(C)CC1CCCCO1)C(F)(F)F. The molecule has 0 bridgehead atoms. The Morgan fingerprint density at radius 2 is 2.06 bits per heavy atom. The molecule has 0 aliphatic carbocycles. The zero-order chi connectivity index (χ0) is 13.1. The zero-order valence-electron chi connectivity index (χ0n) is 10.3. The number of nitrogens with two attached hydrogens (primary N) is 1. The van der Waals surface area contributed by atoms with Crippen molar-refractivity contribution in [2.24, 2.45) is 5.73 Å². The molecule has 2 N–H and O–H groups in total. The summed E-state index contributed by atoms with van der Waals surface area (Å²) in [4.78, 5) is 1.26. The fraction of sp³-hybridized carbons (Fsp3) is 1.00. The standard InChI is InChI=1S/C11H21F3N2O/c1-8(15)10(11(12,13)14)16(2)7-9-5-3-4-6-17-9/h8-10H,3-7,15H2,1-2H3. The second kappa shape index (κ2) is 6.02. The highest BCUT2D eigenvalue weighted by Gasteiger charge is 2.45. The maximum atomic E-state index is 12.8. The van der Waals surface area contributed by atoms with Crippen molar-refractivity contribution in [1.29, 1.82) is 0 Å². The summed E-state index contributed by atoms with van der Waals surface area (Å²) in [6, 6.07) is -2.54. The van der Waals surface area contributed by atoms with Crippen LogP contribution >= 0.6 is 0 Å². The van der Waals surface area contributed by atoms with Gasteiger partial charge < -0.3 is 10.5 Å². The van der Waals surface area contributed by atoms with Crippen molar-refractivity contribution in [2.75, 3.05) is 20.2 Å². The van der Waals surface area contributed by atoms with Crippen LogP contribution in [0.5, 0.6) is 0 Å². The predicted octanol–water partition coefficient (Wildman–Crippen LogP) is 1.77. The van der Waals surface area contributed by atoms with Gasteiger partial charge in [0, 0.05) is 19.2 Å². The van der Waals surface area contributed by atoms with Crippen LogP contribution in [-0.4, -0.2) is 49.5 Å². The quantitative estimate of drug-likeness (QED) is 0.831. The number of hydrogen-bond acceptors (Lipinski definition) is 3. The molecule has 17 heavy (non-hydrogen) atoms. The molecule has 3 unspecified atom stereocenters. The van der Waals surface area contributed by atoms with Gasteiger partial charge in [0.15, 0.2) is 0 Å². The summed E-state index contributed by atoms with van der Waals surface area (Å²) < 4.78 is 43.9. The number of halogens is 3. The highest BCUT2D eigenvalue weighted by Crippen LogP contribution is 2.27. The zero-order valence-corrected chi connectivity index (χ0v) is 10.3. The molecule has 102 valence electrons. The van der Waals surface area contributed by atoms with E-state index in [1.807, 2.05) is 0 Å². The number of rotatable bonds is 4. The summed E-state index contributed by atoms with van der Waals surface area (Å²) in [5, 5.41) is 0. The van der Waals surface area contributed by atoms with E-state index >= 15 is 0 Å². The number of ether oxygens (including phenoxy) is 1. The van der Waals surface area contributed by atoms with E-state index in [-0.39, 0.29) is 12.6 Å². The number of alkyl halides is 3. The molecule has 0 spiro atoms. The van der Waals surface area contributed by atoms with Gasteiger partial charge >= 0.3 is 6.18 Å². The van der Waals surface area contributed by atoms with Crippen LogP contribution in [0, 0.1) is 0 Å². The summed E-state index contributed by atoms with van der Waals surface area (Å²) in [5.41, 5.74) is 5.43. The van der Waals surface area contributed by atoms with E-state index in [0.29, 0.717) is 6.61 Å². The average molecular weight is 254 g/mol. The third-order valence-electron chi connectivity index (χ3n) is 3.07. The van der Waals surface area contributed by atoms with Gasteiger partial charge in [0.2, 0.25) is 0 Å². The fourth-order valence-corrected chi connectivity index (χ4v) is 2.34. The Morgan fingerprint density at radius 3 is 2.47 bits per heavy atom. The highest BCUT2D eigenvalue weighted by molar-refractivity contribution is 4.85. The van der Waals surface area contributed by atoms with Crippen LogP contribution in [-0.2, 0) is 4.74 Å². The minimum atomic E-state index is -4.29. The van der Waals surface area contributed by atoms with Gasteiger partial charge in [-0.1, -0.05) is 0 Å². The maximum Gasteiger partial charge on any atom is 0.405 e. The Hall–Kier alpha value is -0.330. The second-order valence-electron chi connectivity index (χ2n) is 4.77. The molecule has 1 aliphatic heterocycles. The van der Waals surface area contributed by atoms with Gasteiger partial charge in [-0.3, -0.25) is 4.90 Å². The summed E-state index contributed by atoms with van der Waals surface area (Å²) >= 11 is 0. The van der Waals surface area contributed by atoms with E-state index in [1.165, 1.54) is 18.9 Å². The number of likely N-dealkylation sites (N-methyl/N-ethyl adjacent to an activating group) is 1. The van der Waals surface area contributed by atoms with Crippen molar-refractivity contribution in [3.05, 3.63) is 0 Å². The first-order chi connectivity index (χ1) is 7.82. The molecule has 1 saturated heterocycles. The molecule has 3 nitrogen and oxygen atoms in total. The lowest BCUT2D eigenvalue weighted by Crippen LogP contribution is -2.55. The molecule has 6 heteroatoms. The monoisotopic (exact) mass is 254 g/mol. The molecule has 0 aromatic heterocycles. The summed E-state index contributed by atoms with van der Waals surface area (Å²) in [7, 11) is 1.46. The minimum absolute atomic E-state index is 0.0997. The van der Waals surface area contributed by atoms with Crippen LogP contribution in [0.25, 0.3) is 0 Å². The predicted molar refractivity (Wildman–Crippen MR) is 59.7 cm³/mol. The molecule has 3 atom stereocenters. The Morgan fingerprint density at radius 1 is 1.41 bits per heavy atom. The van der Waals surface area contributed by atoms with Crippen molar-refractivity contribution in [2.45, 2.75) is 50.6 Å². The van der Waals surface area contributed by atoms with Gasteiger partial charge in [-0.2, -0.15) is 13.2 Å². The topological polar surface area (TPSA) is 38.5 Å². The molecule has 0 amide bonds. The van der Waals surface area contributed by atoms with Gasteiger partial charge in [0.25, 0.3) is 0 Å². The van der Waals surface area contributed by atoms with E-state index in [0.717, 1.165) is 19.3 Å². The lowest BCUT2D eigenvalue weighted by atomic mass is 10.1. The Kier molecular flexibility index (Phi) is 5.22. The minimum Gasteiger partial charge on any atom is -0.377 e. The molecule has 1 heterocycles. The summed E-state index contributed by atoms with van der Waals surface area (Å²) in [5.74, 6) is 0. The molecule has 1 fully saturated rings. The van der Waals surface area contributed by atoms with Crippen molar-refractivity contribution in [3.8, 4) is 0 Å². The van der Waals surface area contributed by atoms with Crippen molar-refractivity contribution in [1.82, 2.24) is 4.90 Å². The van der Waals surface area contributed by atoms with Gasteiger partial charge in [-0.25, -0.2) is 0 Å². The van der Waals surface area contributed by atoms with Crippen LogP contribution in [0.4, 0.5) is 13.2 Å². The van der Waals surface area contributed by atoms with Crippen LogP contribution in [0.1, 0.15) is 26.2 Å². The lowest BCUT2D eigenvalue weighted by Gasteiger charge is -2.35. The van der Waals surface area contributed by atoms with Crippen molar-refractivity contribution in [3.63, 3.8) is 0 Å². The third kappa shape index (κ3) is 4.44. The third-order valence-corrected chi connectivity index (χ3v) is 3.07. The number of hydrogen-bond donors (Lipinski definition) is 1. The molecule has 0 aromatic carbocycles. The van der Waals surface area contributed by atoms with Crippen molar-refractivity contribution < 1.29 is 17.9 Å². The first-order valence-corrected chi connectivity index (χ1v) is 5.96. The van der Waals surface area contributed by atoms with E-state index in [9.17, 15) is 13.2 Å². The first-order valence-electron chi connectivity index (χ1n) is 5.96. The van der Waals surface area contributed by atoms with Crippen LogP contribution in [0.2, 0.25) is 0 Å². The van der Waals surface area contributed by atoms with Gasteiger partial charge in [-0.15, -0.1) is 0 Å². The van der Waals surface area contributed by atoms with E-state index in [2.05, 4.69) is 0 Å². The van der Waals surface area contributed by atoms with E-state index < -0.39 is 18.3 Å². The molecule has 0 saturated carbocycles. The normalized spacial score (nSPS) is 25.9. The van der Waals surface area contributed by atoms with Gasteiger partial charge in [0.05, 0.1) is 6.10 Å². The Balaban J connectivity index is 2.55. The van der Waals surface area contributed by atoms with Crippen LogP contribution in [0.15, 0.2) is 0 Å². The highest BCUT2D eigenvalue weighted by atomic mass is 19.4. The maximum absolute atomic E-state index is 12.8. The molecule has 0 radical (unpaired) electrons. The largest absolute Gasteiger partial charge is 0.405 e. The molecular formula is C11H21F3N2O. The van der Waals surface area contributed by atoms with Gasteiger partial charge in [-0.05, 0) is 33.2 Å². The lowest BCUT2D eigenvalue weighted by molar-refractivity contribution is -0.188. The Labute approximate surface area is 100 Å². The van der Waals surface area contributed by atoms with Crippen LogP contribution < -0.4 is 5.73 Å². The number of nitrogens with zero attached hydrogens (tertiary/aromatic N) is 1. The van der Waals surface area contributed by atoms with Crippen molar-refractivity contribution >= 4 is 0 Å². The Bertz CT molecular complexity index is 227. The fourth-order valence-electron chi connectivity index (χ4n) is 2.34.